The smallest absolute Gasteiger partial charge is 0.0240 e. The van der Waals surface area contributed by atoms with Gasteiger partial charge in [-0.25, -0.2) is 5.01 Å². The molecule has 0 radical (unpaired) electrons. The van der Waals surface area contributed by atoms with E-state index in [9.17, 15) is 0 Å². The fourth-order valence-electron chi connectivity index (χ4n) is 1.80. The van der Waals surface area contributed by atoms with Gasteiger partial charge in [0.15, 0.2) is 0 Å². The highest BCUT2D eigenvalue weighted by Gasteiger charge is 2.19. The van der Waals surface area contributed by atoms with Crippen LogP contribution in [0.1, 0.15) is 39.5 Å². The number of nitrogens with zero attached hydrogens (tertiary/aromatic N) is 1. The molecule has 1 aliphatic rings. The molecule has 0 spiro atoms. The van der Waals surface area contributed by atoms with Crippen molar-refractivity contribution in [2.24, 2.45) is 0 Å². The number of nitrogens with one attached hydrogen (secondary N) is 1. The number of hydrogen-bond acceptors (Lipinski definition) is 2. The quantitative estimate of drug-likeness (QED) is 0.626. The Bertz CT molecular complexity index is 106. The molecule has 0 heterocycles. The minimum absolute atomic E-state index is 0.570. The standard InChI is InChI=1S/C9H20N2/c1-8(2)10-11(3)9-6-4-5-7-9/h8-10H,4-7H2,1-3H3. The third-order valence-corrected chi connectivity index (χ3v) is 2.33. The lowest BCUT2D eigenvalue weighted by Crippen LogP contribution is -2.44. The minimum atomic E-state index is 0.570. The molecular formula is C9H20N2. The molecule has 0 aliphatic heterocycles. The predicted molar refractivity (Wildman–Crippen MR) is 48.3 cm³/mol. The molecule has 11 heavy (non-hydrogen) atoms. The van der Waals surface area contributed by atoms with Crippen LogP contribution in [-0.4, -0.2) is 24.1 Å². The zero-order valence-corrected chi connectivity index (χ0v) is 7.93. The molecule has 1 saturated carbocycles. The Labute approximate surface area is 69.9 Å². The normalized spacial score (nSPS) is 20.5. The van der Waals surface area contributed by atoms with Crippen molar-refractivity contribution in [2.75, 3.05) is 7.05 Å². The van der Waals surface area contributed by atoms with E-state index in [1.165, 1.54) is 25.7 Å². The Morgan fingerprint density at radius 3 is 2.27 bits per heavy atom. The second-order valence-corrected chi connectivity index (χ2v) is 3.83. The van der Waals surface area contributed by atoms with Crippen LogP contribution in [0.2, 0.25) is 0 Å². The van der Waals surface area contributed by atoms with Crippen LogP contribution in [-0.2, 0) is 0 Å². The molecule has 1 rings (SSSR count). The van der Waals surface area contributed by atoms with Crippen LogP contribution in [0.3, 0.4) is 0 Å². The summed E-state index contributed by atoms with van der Waals surface area (Å²) in [7, 11) is 2.16. The summed E-state index contributed by atoms with van der Waals surface area (Å²) in [4.78, 5) is 0. The maximum absolute atomic E-state index is 3.42. The van der Waals surface area contributed by atoms with Gasteiger partial charge in [-0.15, -0.1) is 0 Å². The summed E-state index contributed by atoms with van der Waals surface area (Å²) < 4.78 is 0. The first-order valence-corrected chi connectivity index (χ1v) is 4.69. The highest BCUT2D eigenvalue weighted by atomic mass is 15.5. The van der Waals surface area contributed by atoms with Gasteiger partial charge in [-0.1, -0.05) is 12.8 Å². The van der Waals surface area contributed by atoms with E-state index in [-0.39, 0.29) is 0 Å². The van der Waals surface area contributed by atoms with E-state index >= 15 is 0 Å². The van der Waals surface area contributed by atoms with Gasteiger partial charge in [0.05, 0.1) is 0 Å². The Hall–Kier alpha value is -0.0800. The second-order valence-electron chi connectivity index (χ2n) is 3.83. The van der Waals surface area contributed by atoms with Gasteiger partial charge in [0.1, 0.15) is 0 Å². The summed E-state index contributed by atoms with van der Waals surface area (Å²) in [6.07, 6.45) is 5.57. The molecule has 0 aromatic carbocycles. The highest BCUT2D eigenvalue weighted by molar-refractivity contribution is 4.73. The first kappa shape index (κ1) is 9.01. The van der Waals surface area contributed by atoms with E-state index in [2.05, 4.69) is 31.3 Å². The summed E-state index contributed by atoms with van der Waals surface area (Å²) in [5.41, 5.74) is 3.42. The molecular weight excluding hydrogens is 136 g/mol. The fraction of sp³-hybridized carbons (Fsp3) is 1.00. The third-order valence-electron chi connectivity index (χ3n) is 2.33. The largest absolute Gasteiger partial charge is 0.253 e. The van der Waals surface area contributed by atoms with E-state index in [0.29, 0.717) is 6.04 Å². The van der Waals surface area contributed by atoms with Crippen LogP contribution in [0.4, 0.5) is 0 Å². The van der Waals surface area contributed by atoms with Crippen LogP contribution >= 0.6 is 0 Å². The van der Waals surface area contributed by atoms with Crippen LogP contribution in [0.5, 0.6) is 0 Å². The van der Waals surface area contributed by atoms with Crippen LogP contribution in [0.25, 0.3) is 0 Å². The Morgan fingerprint density at radius 1 is 1.27 bits per heavy atom. The lowest BCUT2D eigenvalue weighted by molar-refractivity contribution is 0.147. The van der Waals surface area contributed by atoms with Crippen molar-refractivity contribution >= 4 is 0 Å². The molecule has 0 atom stereocenters. The van der Waals surface area contributed by atoms with Crippen LogP contribution < -0.4 is 5.43 Å². The number of rotatable bonds is 3. The average molecular weight is 156 g/mol. The lowest BCUT2D eigenvalue weighted by Gasteiger charge is -2.26. The van der Waals surface area contributed by atoms with Gasteiger partial charge in [0.2, 0.25) is 0 Å². The molecule has 0 unspecified atom stereocenters. The molecule has 66 valence electrons. The van der Waals surface area contributed by atoms with Crippen molar-refractivity contribution in [1.29, 1.82) is 0 Å². The topological polar surface area (TPSA) is 15.3 Å². The van der Waals surface area contributed by atoms with Crippen molar-refractivity contribution in [2.45, 2.75) is 51.6 Å². The third kappa shape index (κ3) is 2.80. The monoisotopic (exact) mass is 156 g/mol. The Kier molecular flexibility index (Phi) is 3.34. The maximum atomic E-state index is 3.42. The van der Waals surface area contributed by atoms with Crippen LogP contribution in [0.15, 0.2) is 0 Å². The van der Waals surface area contributed by atoms with Crippen molar-refractivity contribution < 1.29 is 0 Å². The van der Waals surface area contributed by atoms with E-state index in [1.54, 1.807) is 0 Å². The van der Waals surface area contributed by atoms with Gasteiger partial charge in [0, 0.05) is 19.1 Å². The van der Waals surface area contributed by atoms with Crippen molar-refractivity contribution in [3.8, 4) is 0 Å². The van der Waals surface area contributed by atoms with Crippen molar-refractivity contribution in [1.82, 2.24) is 10.4 Å². The zero-order valence-electron chi connectivity index (χ0n) is 7.93. The Morgan fingerprint density at radius 2 is 1.82 bits per heavy atom. The highest BCUT2D eigenvalue weighted by Crippen LogP contribution is 2.21. The summed E-state index contributed by atoms with van der Waals surface area (Å²) in [6.45, 7) is 4.37. The van der Waals surface area contributed by atoms with Gasteiger partial charge >= 0.3 is 0 Å². The van der Waals surface area contributed by atoms with Crippen molar-refractivity contribution in [3.05, 3.63) is 0 Å². The molecule has 1 N–H and O–H groups in total. The van der Waals surface area contributed by atoms with Gasteiger partial charge in [0.25, 0.3) is 0 Å². The van der Waals surface area contributed by atoms with E-state index in [4.69, 9.17) is 0 Å². The molecule has 0 aromatic rings. The second kappa shape index (κ2) is 4.07. The molecule has 0 aromatic heterocycles. The lowest BCUT2D eigenvalue weighted by atomic mass is 10.2. The fourth-order valence-corrected chi connectivity index (χ4v) is 1.80. The average Bonchev–Trinajstić information content (AvgIpc) is 2.35. The summed E-state index contributed by atoms with van der Waals surface area (Å²) >= 11 is 0. The van der Waals surface area contributed by atoms with Gasteiger partial charge in [-0.3, -0.25) is 5.43 Å². The maximum Gasteiger partial charge on any atom is 0.0240 e. The molecule has 0 bridgehead atoms. The Balaban J connectivity index is 2.22. The first-order chi connectivity index (χ1) is 5.20. The van der Waals surface area contributed by atoms with E-state index in [1.807, 2.05) is 0 Å². The number of hydrogen-bond donors (Lipinski definition) is 1. The van der Waals surface area contributed by atoms with Crippen molar-refractivity contribution in [3.63, 3.8) is 0 Å². The molecule has 0 saturated heterocycles. The van der Waals surface area contributed by atoms with Crippen LogP contribution in [0, 0.1) is 0 Å². The minimum Gasteiger partial charge on any atom is -0.253 e. The summed E-state index contributed by atoms with van der Waals surface area (Å²) in [5, 5.41) is 2.29. The van der Waals surface area contributed by atoms with Gasteiger partial charge in [-0.2, -0.15) is 0 Å². The predicted octanol–water partition coefficient (Wildman–Crippen LogP) is 1.77. The summed E-state index contributed by atoms with van der Waals surface area (Å²) in [6, 6.07) is 1.36. The molecule has 2 nitrogen and oxygen atoms in total. The zero-order chi connectivity index (χ0) is 8.27. The van der Waals surface area contributed by atoms with E-state index in [0.717, 1.165) is 6.04 Å². The summed E-state index contributed by atoms with van der Waals surface area (Å²) in [5.74, 6) is 0. The molecule has 2 heteroatoms. The SMILES string of the molecule is CC(C)NN(C)C1CCCC1. The first-order valence-electron chi connectivity index (χ1n) is 4.69. The molecule has 0 amide bonds. The van der Waals surface area contributed by atoms with Gasteiger partial charge in [-0.05, 0) is 26.7 Å². The number of hydrazine groups is 1. The molecule has 1 aliphatic carbocycles. The molecule has 1 fully saturated rings. The van der Waals surface area contributed by atoms with Gasteiger partial charge < -0.3 is 0 Å². The van der Waals surface area contributed by atoms with E-state index < -0.39 is 0 Å².